The maximum absolute atomic E-state index is 13.7. The lowest BCUT2D eigenvalue weighted by Crippen LogP contribution is -2.13. The zero-order valence-corrected chi connectivity index (χ0v) is 10.9. The molecule has 0 radical (unpaired) electrons. The van der Waals surface area contributed by atoms with E-state index in [2.05, 4.69) is 5.32 Å². The SMILES string of the molecule is Oc1ccc2c(c1)OCC2Nc1c(F)cc(F)cc1Cl. The van der Waals surface area contributed by atoms with Crippen molar-refractivity contribution in [3.63, 3.8) is 0 Å². The van der Waals surface area contributed by atoms with Crippen molar-refractivity contribution in [3.8, 4) is 11.5 Å². The van der Waals surface area contributed by atoms with Crippen LogP contribution in [0.3, 0.4) is 0 Å². The fraction of sp³-hybridized carbons (Fsp3) is 0.143. The van der Waals surface area contributed by atoms with E-state index in [0.29, 0.717) is 5.75 Å². The van der Waals surface area contributed by atoms with Gasteiger partial charge in [-0.15, -0.1) is 0 Å². The van der Waals surface area contributed by atoms with Crippen LogP contribution >= 0.6 is 11.6 Å². The normalized spacial score (nSPS) is 16.6. The molecule has 1 aliphatic rings. The third kappa shape index (κ3) is 2.25. The molecule has 1 aliphatic heterocycles. The van der Waals surface area contributed by atoms with Crippen LogP contribution in [0, 0.1) is 11.6 Å². The van der Waals surface area contributed by atoms with E-state index in [0.717, 1.165) is 17.7 Å². The van der Waals surface area contributed by atoms with E-state index in [1.54, 1.807) is 6.07 Å². The van der Waals surface area contributed by atoms with Gasteiger partial charge in [0.05, 0.1) is 16.8 Å². The van der Waals surface area contributed by atoms with Crippen LogP contribution in [0.2, 0.25) is 5.02 Å². The number of anilines is 1. The lowest BCUT2D eigenvalue weighted by atomic mass is 10.1. The highest BCUT2D eigenvalue weighted by atomic mass is 35.5. The van der Waals surface area contributed by atoms with Gasteiger partial charge in [-0.2, -0.15) is 0 Å². The first kappa shape index (κ1) is 13.0. The van der Waals surface area contributed by atoms with Gasteiger partial charge in [-0.1, -0.05) is 11.6 Å². The van der Waals surface area contributed by atoms with Gasteiger partial charge < -0.3 is 15.2 Å². The molecule has 2 aromatic rings. The minimum Gasteiger partial charge on any atom is -0.508 e. The first-order valence-electron chi connectivity index (χ1n) is 5.91. The predicted octanol–water partition coefficient (Wildman–Crippen LogP) is 3.87. The van der Waals surface area contributed by atoms with E-state index < -0.39 is 11.6 Å². The molecule has 104 valence electrons. The third-order valence-electron chi connectivity index (χ3n) is 3.10. The van der Waals surface area contributed by atoms with Gasteiger partial charge >= 0.3 is 0 Å². The molecule has 0 saturated carbocycles. The van der Waals surface area contributed by atoms with Crippen LogP contribution in [0.5, 0.6) is 11.5 Å². The topological polar surface area (TPSA) is 41.5 Å². The molecule has 0 saturated heterocycles. The van der Waals surface area contributed by atoms with Crippen molar-refractivity contribution in [1.29, 1.82) is 0 Å². The van der Waals surface area contributed by atoms with Gasteiger partial charge in [-0.3, -0.25) is 0 Å². The molecule has 1 heterocycles. The van der Waals surface area contributed by atoms with Crippen LogP contribution in [-0.4, -0.2) is 11.7 Å². The highest BCUT2D eigenvalue weighted by molar-refractivity contribution is 6.33. The van der Waals surface area contributed by atoms with Crippen LogP contribution in [0.1, 0.15) is 11.6 Å². The van der Waals surface area contributed by atoms with Gasteiger partial charge in [-0.25, -0.2) is 8.78 Å². The molecule has 1 unspecified atom stereocenters. The molecule has 2 aromatic carbocycles. The summed E-state index contributed by atoms with van der Waals surface area (Å²) >= 11 is 5.84. The van der Waals surface area contributed by atoms with Gasteiger partial charge in [-0.05, 0) is 18.2 Å². The molecule has 0 aromatic heterocycles. The summed E-state index contributed by atoms with van der Waals surface area (Å²) < 4.78 is 32.1. The molecule has 1 atom stereocenters. The van der Waals surface area contributed by atoms with Crippen molar-refractivity contribution in [2.45, 2.75) is 6.04 Å². The fourth-order valence-corrected chi connectivity index (χ4v) is 2.42. The van der Waals surface area contributed by atoms with Crippen molar-refractivity contribution in [1.82, 2.24) is 0 Å². The number of benzene rings is 2. The molecule has 0 bridgehead atoms. The molecule has 2 N–H and O–H groups in total. The second kappa shape index (κ2) is 4.83. The molecular weight excluding hydrogens is 288 g/mol. The second-order valence-electron chi connectivity index (χ2n) is 4.47. The molecule has 3 nitrogen and oxygen atoms in total. The first-order valence-corrected chi connectivity index (χ1v) is 6.29. The van der Waals surface area contributed by atoms with Crippen molar-refractivity contribution in [3.05, 3.63) is 52.6 Å². The maximum atomic E-state index is 13.7. The Kier molecular flexibility index (Phi) is 3.14. The maximum Gasteiger partial charge on any atom is 0.150 e. The number of phenols is 1. The Balaban J connectivity index is 1.91. The Morgan fingerprint density at radius 2 is 2.05 bits per heavy atom. The molecule has 3 rings (SSSR count). The summed E-state index contributed by atoms with van der Waals surface area (Å²) in [5.74, 6) is -0.871. The van der Waals surface area contributed by atoms with Gasteiger partial charge in [0.15, 0.2) is 5.82 Å². The standard InChI is InChI=1S/C14H10ClF2NO2/c15-10-3-7(16)4-11(17)14(10)18-12-6-20-13-5-8(19)1-2-9(12)13/h1-5,12,18-19H,6H2. The summed E-state index contributed by atoms with van der Waals surface area (Å²) in [6.45, 7) is 0.270. The number of hydrogen-bond acceptors (Lipinski definition) is 3. The summed E-state index contributed by atoms with van der Waals surface area (Å²) in [4.78, 5) is 0. The summed E-state index contributed by atoms with van der Waals surface area (Å²) in [5.41, 5.74) is 0.810. The highest BCUT2D eigenvalue weighted by Gasteiger charge is 2.26. The monoisotopic (exact) mass is 297 g/mol. The number of halogens is 3. The molecular formula is C14H10ClF2NO2. The van der Waals surface area contributed by atoms with Crippen LogP contribution in [0.25, 0.3) is 0 Å². The largest absolute Gasteiger partial charge is 0.508 e. The van der Waals surface area contributed by atoms with E-state index in [1.165, 1.54) is 12.1 Å². The van der Waals surface area contributed by atoms with Crippen LogP contribution in [-0.2, 0) is 0 Å². The van der Waals surface area contributed by atoms with Crippen molar-refractivity contribution < 1.29 is 18.6 Å². The minimum atomic E-state index is -0.762. The number of phenolic OH excluding ortho intramolecular Hbond substituents is 1. The zero-order valence-electron chi connectivity index (χ0n) is 10.2. The summed E-state index contributed by atoms with van der Waals surface area (Å²) in [6.07, 6.45) is 0. The summed E-state index contributed by atoms with van der Waals surface area (Å²) in [7, 11) is 0. The number of hydrogen-bond donors (Lipinski definition) is 2. The number of rotatable bonds is 2. The van der Waals surface area contributed by atoms with Gasteiger partial charge in [0, 0.05) is 17.7 Å². The van der Waals surface area contributed by atoms with Gasteiger partial charge in [0.1, 0.15) is 23.9 Å². The molecule has 0 amide bonds. The second-order valence-corrected chi connectivity index (χ2v) is 4.88. The average molecular weight is 298 g/mol. The quantitative estimate of drug-likeness (QED) is 0.884. The zero-order chi connectivity index (χ0) is 14.3. The number of aromatic hydroxyl groups is 1. The number of ether oxygens (including phenoxy) is 1. The highest BCUT2D eigenvalue weighted by Crippen LogP contribution is 2.38. The third-order valence-corrected chi connectivity index (χ3v) is 3.40. The Bertz CT molecular complexity index is 655. The Hall–Kier alpha value is -2.01. The fourth-order valence-electron chi connectivity index (χ4n) is 2.17. The van der Waals surface area contributed by atoms with Gasteiger partial charge in [0.25, 0.3) is 0 Å². The van der Waals surface area contributed by atoms with Crippen molar-refractivity contribution >= 4 is 17.3 Å². The minimum absolute atomic E-state index is 0.0302. The van der Waals surface area contributed by atoms with Crippen LogP contribution in [0.4, 0.5) is 14.5 Å². The summed E-state index contributed by atoms with van der Waals surface area (Å²) in [6, 6.07) is 6.18. The lowest BCUT2D eigenvalue weighted by molar-refractivity contribution is 0.338. The van der Waals surface area contributed by atoms with E-state index in [4.69, 9.17) is 16.3 Å². The Morgan fingerprint density at radius 3 is 2.80 bits per heavy atom. The smallest absolute Gasteiger partial charge is 0.150 e. The van der Waals surface area contributed by atoms with E-state index in [-0.39, 0.29) is 29.1 Å². The molecule has 0 aliphatic carbocycles. The predicted molar refractivity (Wildman–Crippen MR) is 71.3 cm³/mol. The van der Waals surface area contributed by atoms with Crippen LogP contribution < -0.4 is 10.1 Å². The summed E-state index contributed by atoms with van der Waals surface area (Å²) in [5, 5.41) is 12.2. The van der Waals surface area contributed by atoms with E-state index >= 15 is 0 Å². The van der Waals surface area contributed by atoms with Crippen LogP contribution in [0.15, 0.2) is 30.3 Å². The Morgan fingerprint density at radius 1 is 1.25 bits per heavy atom. The molecule has 0 fully saturated rings. The molecule has 6 heteroatoms. The number of fused-ring (bicyclic) bond motifs is 1. The van der Waals surface area contributed by atoms with Gasteiger partial charge in [0.2, 0.25) is 0 Å². The molecule has 0 spiro atoms. The first-order chi connectivity index (χ1) is 9.54. The lowest BCUT2D eigenvalue weighted by Gasteiger charge is -2.15. The molecule has 20 heavy (non-hydrogen) atoms. The average Bonchev–Trinajstić information content (AvgIpc) is 2.76. The van der Waals surface area contributed by atoms with Crippen molar-refractivity contribution in [2.75, 3.05) is 11.9 Å². The van der Waals surface area contributed by atoms with Crippen molar-refractivity contribution in [2.24, 2.45) is 0 Å². The van der Waals surface area contributed by atoms with E-state index in [1.807, 2.05) is 0 Å². The van der Waals surface area contributed by atoms with E-state index in [9.17, 15) is 13.9 Å². The number of nitrogens with one attached hydrogen (secondary N) is 1. The Labute approximate surface area is 118 Å².